The van der Waals surface area contributed by atoms with Gasteiger partial charge in [0.25, 0.3) is 0 Å². The fourth-order valence-corrected chi connectivity index (χ4v) is 12.9. The Hall–Kier alpha value is -0.170. The van der Waals surface area contributed by atoms with Gasteiger partial charge < -0.3 is 4.74 Å². The molecule has 1 aliphatic heterocycles. The number of rotatable bonds is 2. The van der Waals surface area contributed by atoms with E-state index in [1.807, 2.05) is 0 Å². The van der Waals surface area contributed by atoms with E-state index in [0.717, 1.165) is 25.4 Å². The Kier molecular flexibility index (Phi) is 5.44. The van der Waals surface area contributed by atoms with E-state index in [0.29, 0.717) is 41.1 Å². The maximum absolute atomic E-state index is 11.6. The van der Waals surface area contributed by atoms with E-state index >= 15 is 0 Å². The Morgan fingerprint density at radius 2 is 1.47 bits per heavy atom. The van der Waals surface area contributed by atoms with Gasteiger partial charge in [0, 0.05) is 0 Å². The van der Waals surface area contributed by atoms with Crippen LogP contribution in [0.3, 0.4) is 0 Å². The Balaban J connectivity index is 1.35. The lowest BCUT2D eigenvalue weighted by Crippen LogP contribution is -2.67. The van der Waals surface area contributed by atoms with Crippen LogP contribution in [0.5, 0.6) is 0 Å². The third-order valence-electron chi connectivity index (χ3n) is 14.3. The average molecular weight is 523 g/mol. The molecule has 0 amide bonds. The maximum atomic E-state index is 11.6. The molecule has 1 N–H and O–H groups in total. The zero-order chi connectivity index (χ0) is 26.2. The van der Waals surface area contributed by atoms with Gasteiger partial charge in [0.1, 0.15) is 0 Å². The molecular formula is C30H50O5S. The van der Waals surface area contributed by atoms with Crippen molar-refractivity contribution in [1.82, 2.24) is 0 Å². The summed E-state index contributed by atoms with van der Waals surface area (Å²) in [5.41, 5.74) is 1.18. The van der Waals surface area contributed by atoms with E-state index in [4.69, 9.17) is 8.92 Å². The van der Waals surface area contributed by atoms with Crippen molar-refractivity contribution in [2.75, 3.05) is 6.61 Å². The summed E-state index contributed by atoms with van der Waals surface area (Å²) >= 11 is 0. The summed E-state index contributed by atoms with van der Waals surface area (Å²) < 4.78 is 44.7. The molecule has 5 nitrogen and oxygen atoms in total. The molecule has 5 aliphatic carbocycles. The lowest BCUT2D eigenvalue weighted by molar-refractivity contribution is -0.250. The summed E-state index contributed by atoms with van der Waals surface area (Å²) in [6.07, 6.45) is 11.9. The first-order chi connectivity index (χ1) is 16.5. The largest absolute Gasteiger partial charge is 0.397 e. The third kappa shape index (κ3) is 3.19. The van der Waals surface area contributed by atoms with Crippen LogP contribution in [-0.4, -0.2) is 31.8 Å². The molecule has 2 bridgehead atoms. The summed E-state index contributed by atoms with van der Waals surface area (Å²) in [5, 5.41) is 0. The number of ether oxygens (including phenoxy) is 1. The van der Waals surface area contributed by atoms with Crippen molar-refractivity contribution < 1.29 is 21.9 Å². The van der Waals surface area contributed by atoms with Crippen LogP contribution in [0, 0.1) is 56.2 Å². The van der Waals surface area contributed by atoms with Crippen LogP contribution >= 0.6 is 0 Å². The van der Waals surface area contributed by atoms with E-state index in [2.05, 4.69) is 48.5 Å². The molecule has 0 aromatic heterocycles. The first-order valence-electron chi connectivity index (χ1n) is 14.8. The Bertz CT molecular complexity index is 1040. The van der Waals surface area contributed by atoms with E-state index < -0.39 is 16.5 Å². The van der Waals surface area contributed by atoms with Gasteiger partial charge in [0.2, 0.25) is 0 Å². The highest BCUT2D eigenvalue weighted by Crippen LogP contribution is 2.78. The van der Waals surface area contributed by atoms with Gasteiger partial charge in [0.15, 0.2) is 0 Å². The molecule has 0 aromatic rings. The van der Waals surface area contributed by atoms with Gasteiger partial charge in [-0.05, 0) is 120 Å². The third-order valence-corrected chi connectivity index (χ3v) is 14.8. The standard InChI is InChI=1S/C30H50O5S/c1-25(2)14-16-30-17-15-28(6)19(23(30)24(25)34-18-30)8-9-21-27(5)12-11-22(35-36(31,32)33)26(3,4)20(27)10-13-29(21,28)7/h19-24H,8-18H2,1-7H3,(H,31,32,33)/t19?,20?,21?,22-,23?,24?,27-,28+,29+,30?/m0/s1. The fraction of sp³-hybridized carbons (Fsp3) is 1.00. The summed E-state index contributed by atoms with van der Waals surface area (Å²) in [6, 6.07) is 0. The minimum atomic E-state index is -4.45. The van der Waals surface area contributed by atoms with Crippen LogP contribution in [-0.2, 0) is 19.3 Å². The molecule has 5 saturated carbocycles. The maximum Gasteiger partial charge on any atom is 0.397 e. The second-order valence-corrected chi connectivity index (χ2v) is 17.2. The molecule has 1 heterocycles. The molecular weight excluding hydrogens is 472 g/mol. The van der Waals surface area contributed by atoms with Gasteiger partial charge in [0.05, 0.1) is 18.8 Å². The van der Waals surface area contributed by atoms with E-state index in [9.17, 15) is 13.0 Å². The number of hydrogen-bond donors (Lipinski definition) is 1. The zero-order valence-electron chi connectivity index (χ0n) is 23.7. The molecule has 0 aromatic carbocycles. The Labute approximate surface area is 219 Å². The van der Waals surface area contributed by atoms with Crippen LogP contribution in [0.15, 0.2) is 0 Å². The fourth-order valence-electron chi connectivity index (χ4n) is 12.3. The van der Waals surface area contributed by atoms with Gasteiger partial charge in [-0.25, -0.2) is 4.18 Å². The highest BCUT2D eigenvalue weighted by molar-refractivity contribution is 7.80. The lowest BCUT2D eigenvalue weighted by atomic mass is 9.31. The van der Waals surface area contributed by atoms with Gasteiger partial charge in [-0.3, -0.25) is 4.55 Å². The van der Waals surface area contributed by atoms with E-state index in [-0.39, 0.29) is 21.7 Å². The second-order valence-electron chi connectivity index (χ2n) is 16.1. The lowest BCUT2D eigenvalue weighted by Gasteiger charge is -2.73. The van der Waals surface area contributed by atoms with Gasteiger partial charge in [-0.2, -0.15) is 8.42 Å². The monoisotopic (exact) mass is 522 g/mol. The first-order valence-corrected chi connectivity index (χ1v) is 16.1. The minimum Gasteiger partial charge on any atom is -0.377 e. The van der Waals surface area contributed by atoms with E-state index in [1.165, 1.54) is 44.9 Å². The van der Waals surface area contributed by atoms with Crippen LogP contribution in [0.2, 0.25) is 0 Å². The second kappa shape index (κ2) is 7.52. The first kappa shape index (κ1) is 26.1. The zero-order valence-corrected chi connectivity index (χ0v) is 24.5. The summed E-state index contributed by atoms with van der Waals surface area (Å²) in [6.45, 7) is 18.1. The molecule has 6 aliphatic rings. The van der Waals surface area contributed by atoms with Crippen molar-refractivity contribution in [3.8, 4) is 0 Å². The topological polar surface area (TPSA) is 72.8 Å². The quantitative estimate of drug-likeness (QED) is 0.393. The van der Waals surface area contributed by atoms with Crippen molar-refractivity contribution >= 4 is 10.4 Å². The predicted molar refractivity (Wildman–Crippen MR) is 141 cm³/mol. The van der Waals surface area contributed by atoms with Gasteiger partial charge in [-0.1, -0.05) is 48.5 Å². The molecule has 6 rings (SSSR count). The predicted octanol–water partition coefficient (Wildman–Crippen LogP) is 7.06. The summed E-state index contributed by atoms with van der Waals surface area (Å²) in [4.78, 5) is 0. The van der Waals surface area contributed by atoms with Crippen LogP contribution in [0.4, 0.5) is 0 Å². The van der Waals surface area contributed by atoms with Crippen molar-refractivity contribution in [2.45, 2.75) is 125 Å². The Morgan fingerprint density at radius 1 is 0.778 bits per heavy atom. The SMILES string of the molecule is CC1(C)CCC23CC[C@]4(C)C(CCC5[C@@]6(C)CC[C@H](OS(=O)(=O)O)C(C)(C)C6CC[C@]54C)C2C1OC3. The van der Waals surface area contributed by atoms with Crippen molar-refractivity contribution in [1.29, 1.82) is 0 Å². The molecule has 6 fully saturated rings. The highest BCUT2D eigenvalue weighted by atomic mass is 32.3. The summed E-state index contributed by atoms with van der Waals surface area (Å²) in [7, 11) is -4.45. The molecule has 0 radical (unpaired) electrons. The van der Waals surface area contributed by atoms with Crippen molar-refractivity contribution in [3.63, 3.8) is 0 Å². The van der Waals surface area contributed by atoms with Crippen LogP contribution < -0.4 is 0 Å². The molecule has 10 atom stereocenters. The number of fused-ring (bicyclic) bond motifs is 5. The smallest absolute Gasteiger partial charge is 0.377 e. The molecule has 206 valence electrons. The molecule has 6 unspecified atom stereocenters. The van der Waals surface area contributed by atoms with E-state index in [1.54, 1.807) is 0 Å². The summed E-state index contributed by atoms with van der Waals surface area (Å²) in [5.74, 6) is 2.48. The van der Waals surface area contributed by atoms with Gasteiger partial charge in [-0.15, -0.1) is 0 Å². The molecule has 0 spiro atoms. The average Bonchev–Trinajstić information content (AvgIpc) is 3.09. The van der Waals surface area contributed by atoms with Gasteiger partial charge >= 0.3 is 10.4 Å². The molecule has 36 heavy (non-hydrogen) atoms. The van der Waals surface area contributed by atoms with Crippen molar-refractivity contribution in [3.05, 3.63) is 0 Å². The normalized spacial score (nSPS) is 55.1. The molecule has 6 heteroatoms. The van der Waals surface area contributed by atoms with Crippen molar-refractivity contribution in [2.24, 2.45) is 56.2 Å². The number of hydrogen-bond acceptors (Lipinski definition) is 4. The minimum absolute atomic E-state index is 0.167. The molecule has 1 saturated heterocycles. The van der Waals surface area contributed by atoms with Crippen LogP contribution in [0.1, 0.15) is 113 Å². The van der Waals surface area contributed by atoms with Crippen LogP contribution in [0.25, 0.3) is 0 Å². The highest BCUT2D eigenvalue weighted by Gasteiger charge is 2.72. The Morgan fingerprint density at radius 3 is 2.17 bits per heavy atom.